The molecule has 0 fully saturated rings. The molecule has 0 bridgehead atoms. The van der Waals surface area contributed by atoms with Crippen molar-refractivity contribution >= 4 is 11.9 Å². The molecule has 0 radical (unpaired) electrons. The molecular weight excluding hydrogens is 252 g/mol. The Labute approximate surface area is 119 Å². The number of nitrogens with zero attached hydrogens (tertiary/aromatic N) is 1. The summed E-state index contributed by atoms with van der Waals surface area (Å²) in [6, 6.07) is 7.55. The summed E-state index contributed by atoms with van der Waals surface area (Å²) in [4.78, 5) is 15.6. The van der Waals surface area contributed by atoms with Gasteiger partial charge in [0.2, 0.25) is 0 Å². The summed E-state index contributed by atoms with van der Waals surface area (Å²) in [6.45, 7) is 1.15. The minimum atomic E-state index is -0.0775. The predicted molar refractivity (Wildman–Crippen MR) is 81.7 cm³/mol. The number of benzene rings is 1. The number of carbonyl (C=O) groups is 1. The lowest BCUT2D eigenvalue weighted by Crippen LogP contribution is -2.38. The Morgan fingerprint density at radius 3 is 2.85 bits per heavy atom. The third kappa shape index (κ3) is 5.02. The van der Waals surface area contributed by atoms with Crippen LogP contribution < -0.4 is 16.0 Å². The number of guanidine groups is 1. The van der Waals surface area contributed by atoms with Crippen molar-refractivity contribution in [3.8, 4) is 12.3 Å². The topological polar surface area (TPSA) is 65.5 Å². The van der Waals surface area contributed by atoms with E-state index in [-0.39, 0.29) is 5.91 Å². The molecule has 1 aromatic carbocycles. The second-order valence-electron chi connectivity index (χ2n) is 4.09. The number of terminal acetylenes is 1. The van der Waals surface area contributed by atoms with E-state index in [1.165, 1.54) is 0 Å². The van der Waals surface area contributed by atoms with Gasteiger partial charge in [-0.1, -0.05) is 18.1 Å². The minimum absolute atomic E-state index is 0.0775. The normalized spacial score (nSPS) is 10.6. The highest BCUT2D eigenvalue weighted by Crippen LogP contribution is 2.05. The first-order valence-corrected chi connectivity index (χ1v) is 6.40. The Balaban J connectivity index is 2.50. The first-order chi connectivity index (χ1) is 9.71. The van der Waals surface area contributed by atoms with Gasteiger partial charge in [-0.2, -0.15) is 0 Å². The molecule has 0 aliphatic carbocycles. The second-order valence-corrected chi connectivity index (χ2v) is 4.09. The lowest BCUT2D eigenvalue weighted by Gasteiger charge is -2.10. The molecular formula is C15H20N4O. The van der Waals surface area contributed by atoms with Crippen molar-refractivity contribution in [2.75, 3.05) is 27.2 Å². The van der Waals surface area contributed by atoms with Gasteiger partial charge in [-0.05, 0) is 24.1 Å². The van der Waals surface area contributed by atoms with Gasteiger partial charge in [-0.25, -0.2) is 0 Å². The summed E-state index contributed by atoms with van der Waals surface area (Å²) in [6.07, 6.45) is 5.97. The Hall–Kier alpha value is -2.48. The fraction of sp³-hybridized carbons (Fsp3) is 0.333. The zero-order chi connectivity index (χ0) is 14.8. The van der Waals surface area contributed by atoms with Gasteiger partial charge in [0.25, 0.3) is 5.91 Å². The highest BCUT2D eigenvalue weighted by atomic mass is 16.1. The molecule has 0 spiro atoms. The summed E-state index contributed by atoms with van der Waals surface area (Å²) in [5.41, 5.74) is 1.76. The minimum Gasteiger partial charge on any atom is -0.356 e. The van der Waals surface area contributed by atoms with E-state index < -0.39 is 0 Å². The molecule has 0 aromatic heterocycles. The van der Waals surface area contributed by atoms with Crippen molar-refractivity contribution in [3.63, 3.8) is 0 Å². The van der Waals surface area contributed by atoms with Gasteiger partial charge < -0.3 is 16.0 Å². The van der Waals surface area contributed by atoms with E-state index in [1.54, 1.807) is 20.2 Å². The van der Waals surface area contributed by atoms with Gasteiger partial charge >= 0.3 is 0 Å². The maximum absolute atomic E-state index is 11.5. The number of nitrogens with one attached hydrogen (secondary N) is 3. The summed E-state index contributed by atoms with van der Waals surface area (Å²) in [5, 5.41) is 8.75. The molecule has 5 heteroatoms. The highest BCUT2D eigenvalue weighted by molar-refractivity contribution is 5.94. The average Bonchev–Trinajstić information content (AvgIpc) is 2.50. The van der Waals surface area contributed by atoms with Crippen LogP contribution in [-0.2, 0) is 6.42 Å². The van der Waals surface area contributed by atoms with Crippen LogP contribution in [0.1, 0.15) is 15.9 Å². The van der Waals surface area contributed by atoms with Crippen molar-refractivity contribution in [1.29, 1.82) is 0 Å². The van der Waals surface area contributed by atoms with E-state index in [1.807, 2.05) is 18.2 Å². The Morgan fingerprint density at radius 2 is 2.20 bits per heavy atom. The summed E-state index contributed by atoms with van der Waals surface area (Å²) >= 11 is 0. The van der Waals surface area contributed by atoms with Crippen molar-refractivity contribution in [2.24, 2.45) is 4.99 Å². The van der Waals surface area contributed by atoms with Crippen molar-refractivity contribution < 1.29 is 4.79 Å². The Bertz CT molecular complexity index is 517. The first-order valence-electron chi connectivity index (χ1n) is 6.40. The quantitative estimate of drug-likeness (QED) is 0.413. The number of hydrogen-bond donors (Lipinski definition) is 3. The van der Waals surface area contributed by atoms with Gasteiger partial charge in [-0.3, -0.25) is 9.79 Å². The molecule has 1 aromatic rings. The van der Waals surface area contributed by atoms with Crippen LogP contribution >= 0.6 is 0 Å². The maximum Gasteiger partial charge on any atom is 0.251 e. The SMILES string of the molecule is C#CCNC(=NC)NCCc1cccc(C(=O)NC)c1. The molecule has 0 unspecified atom stereocenters. The van der Waals surface area contributed by atoms with Crippen molar-refractivity contribution in [2.45, 2.75) is 6.42 Å². The van der Waals surface area contributed by atoms with Crippen LogP contribution in [0.3, 0.4) is 0 Å². The Kier molecular flexibility index (Phi) is 6.69. The maximum atomic E-state index is 11.5. The third-order valence-corrected chi connectivity index (χ3v) is 2.70. The molecule has 1 rings (SSSR count). The zero-order valence-electron chi connectivity index (χ0n) is 11.9. The molecule has 0 atom stereocenters. The van der Waals surface area contributed by atoms with Crippen molar-refractivity contribution in [3.05, 3.63) is 35.4 Å². The van der Waals surface area contributed by atoms with E-state index in [2.05, 4.69) is 26.9 Å². The van der Waals surface area contributed by atoms with Crippen LogP contribution in [0.4, 0.5) is 0 Å². The Morgan fingerprint density at radius 1 is 1.40 bits per heavy atom. The van der Waals surface area contributed by atoms with Gasteiger partial charge in [-0.15, -0.1) is 6.42 Å². The molecule has 20 heavy (non-hydrogen) atoms. The number of aliphatic imine (C=N–C) groups is 1. The smallest absolute Gasteiger partial charge is 0.251 e. The second kappa shape index (κ2) is 8.59. The fourth-order valence-corrected chi connectivity index (χ4v) is 1.69. The summed E-state index contributed by atoms with van der Waals surface area (Å²) in [5.74, 6) is 3.08. The van der Waals surface area contributed by atoms with Crippen LogP contribution in [0.15, 0.2) is 29.3 Å². The van der Waals surface area contributed by atoms with Crippen LogP contribution in [0.25, 0.3) is 0 Å². The number of amides is 1. The molecule has 0 aliphatic heterocycles. The van der Waals surface area contributed by atoms with Gasteiger partial charge in [0.15, 0.2) is 5.96 Å². The molecule has 106 valence electrons. The van der Waals surface area contributed by atoms with E-state index in [0.29, 0.717) is 24.6 Å². The first kappa shape index (κ1) is 15.6. The van der Waals surface area contributed by atoms with E-state index in [0.717, 1.165) is 12.0 Å². The number of hydrogen-bond acceptors (Lipinski definition) is 2. The number of carbonyl (C=O) groups excluding carboxylic acids is 1. The zero-order valence-corrected chi connectivity index (χ0v) is 11.9. The predicted octanol–water partition coefficient (Wildman–Crippen LogP) is 0.387. The van der Waals surface area contributed by atoms with Crippen LogP contribution in [0.5, 0.6) is 0 Å². The average molecular weight is 272 g/mol. The van der Waals surface area contributed by atoms with E-state index in [9.17, 15) is 4.79 Å². The van der Waals surface area contributed by atoms with Crippen LogP contribution in [0.2, 0.25) is 0 Å². The number of rotatable bonds is 5. The van der Waals surface area contributed by atoms with Gasteiger partial charge in [0.1, 0.15) is 0 Å². The summed E-state index contributed by atoms with van der Waals surface area (Å²) < 4.78 is 0. The van der Waals surface area contributed by atoms with Crippen LogP contribution in [-0.4, -0.2) is 39.1 Å². The lowest BCUT2D eigenvalue weighted by molar-refractivity contribution is 0.0963. The fourth-order valence-electron chi connectivity index (χ4n) is 1.69. The van der Waals surface area contributed by atoms with Crippen LogP contribution in [0, 0.1) is 12.3 Å². The van der Waals surface area contributed by atoms with Gasteiger partial charge in [0.05, 0.1) is 6.54 Å². The van der Waals surface area contributed by atoms with E-state index in [4.69, 9.17) is 6.42 Å². The molecule has 0 saturated heterocycles. The molecule has 0 saturated carbocycles. The highest BCUT2D eigenvalue weighted by Gasteiger charge is 2.03. The molecule has 1 amide bonds. The monoisotopic (exact) mass is 272 g/mol. The molecule has 5 nitrogen and oxygen atoms in total. The third-order valence-electron chi connectivity index (χ3n) is 2.70. The summed E-state index contributed by atoms with van der Waals surface area (Å²) in [7, 11) is 3.32. The standard InChI is InChI=1S/C15H20N4O/c1-4-9-18-15(17-3)19-10-8-12-6-5-7-13(11-12)14(20)16-2/h1,5-7,11H,8-10H2,2-3H3,(H,16,20)(H2,17,18,19). The van der Waals surface area contributed by atoms with E-state index >= 15 is 0 Å². The largest absolute Gasteiger partial charge is 0.356 e. The molecule has 3 N–H and O–H groups in total. The van der Waals surface area contributed by atoms with Crippen molar-refractivity contribution in [1.82, 2.24) is 16.0 Å². The molecule has 0 aliphatic rings. The molecule has 0 heterocycles. The van der Waals surface area contributed by atoms with Gasteiger partial charge in [0, 0.05) is 26.2 Å². The lowest BCUT2D eigenvalue weighted by atomic mass is 10.1.